The Morgan fingerprint density at radius 3 is 2.61 bits per heavy atom. The number of nitroso groups, excluding NO2 is 1. The topological polar surface area (TPSA) is 77.7 Å². The van der Waals surface area contributed by atoms with Crippen molar-refractivity contribution in [2.24, 2.45) is 5.18 Å². The molecule has 118 valence electrons. The van der Waals surface area contributed by atoms with Crippen LogP contribution in [0.4, 0.5) is 14.5 Å². The normalized spacial score (nSPS) is 17.7. The Labute approximate surface area is 127 Å². The van der Waals surface area contributed by atoms with E-state index in [0.29, 0.717) is 25.7 Å². The first kappa shape index (κ1) is 14.0. The van der Waals surface area contributed by atoms with Gasteiger partial charge in [0.1, 0.15) is 11.1 Å². The molecule has 0 radical (unpaired) electrons. The minimum absolute atomic E-state index is 0.0355. The second-order valence-corrected chi connectivity index (χ2v) is 5.92. The van der Waals surface area contributed by atoms with Crippen molar-refractivity contribution in [1.82, 2.24) is 4.57 Å². The second-order valence-electron chi connectivity index (χ2n) is 5.92. The fourth-order valence-corrected chi connectivity index (χ4v) is 3.35. The van der Waals surface area contributed by atoms with Crippen LogP contribution in [0.3, 0.4) is 0 Å². The van der Waals surface area contributed by atoms with E-state index in [-0.39, 0.29) is 11.1 Å². The van der Waals surface area contributed by atoms with Crippen LogP contribution in [0.5, 0.6) is 5.75 Å². The Bertz CT molecular complexity index is 947. The first-order valence-electron chi connectivity index (χ1n) is 7.07. The van der Waals surface area contributed by atoms with Crippen LogP contribution >= 0.6 is 0 Å². The Morgan fingerprint density at radius 2 is 2.04 bits per heavy atom. The van der Waals surface area contributed by atoms with Gasteiger partial charge < -0.3 is 9.30 Å². The van der Waals surface area contributed by atoms with Gasteiger partial charge in [0.05, 0.1) is 17.5 Å². The zero-order chi connectivity index (χ0) is 16.4. The van der Waals surface area contributed by atoms with E-state index < -0.39 is 39.5 Å². The van der Waals surface area contributed by atoms with Crippen molar-refractivity contribution in [3.63, 3.8) is 0 Å². The van der Waals surface area contributed by atoms with Crippen LogP contribution in [-0.2, 0) is 6.54 Å². The molecule has 0 saturated heterocycles. The molecule has 0 unspecified atom stereocenters. The van der Waals surface area contributed by atoms with E-state index in [9.17, 15) is 23.3 Å². The van der Waals surface area contributed by atoms with E-state index in [4.69, 9.17) is 4.74 Å². The molecule has 2 aromatic rings. The van der Waals surface area contributed by atoms with Gasteiger partial charge in [0, 0.05) is 6.20 Å². The van der Waals surface area contributed by atoms with Crippen LogP contribution in [0, 0.1) is 16.5 Å². The molecule has 1 saturated carbocycles. The average molecular weight is 320 g/mol. The highest BCUT2D eigenvalue weighted by atomic mass is 19.2. The summed E-state index contributed by atoms with van der Waals surface area (Å²) in [6, 6.07) is 0. The molecule has 2 heterocycles. The summed E-state index contributed by atoms with van der Waals surface area (Å²) in [5, 5.41) is 2.03. The Balaban J connectivity index is 2.20. The molecule has 1 aromatic carbocycles. The van der Waals surface area contributed by atoms with Crippen LogP contribution in [0.1, 0.15) is 29.6 Å². The molecule has 6 nitrogen and oxygen atoms in total. The predicted octanol–water partition coefficient (Wildman–Crippen LogP) is 2.81. The van der Waals surface area contributed by atoms with Gasteiger partial charge in [-0.2, -0.15) is 4.39 Å². The number of hydrogen-bond acceptors (Lipinski definition) is 5. The van der Waals surface area contributed by atoms with Crippen LogP contribution in [-0.4, -0.2) is 16.5 Å². The van der Waals surface area contributed by atoms with Crippen LogP contribution in [0.15, 0.2) is 16.2 Å². The van der Waals surface area contributed by atoms with E-state index in [1.165, 1.54) is 10.8 Å². The highest BCUT2D eigenvalue weighted by molar-refractivity contribution is 5.98. The largest absolute Gasteiger partial charge is 0.480 e. The number of pyridine rings is 1. The first-order valence-corrected chi connectivity index (χ1v) is 7.07. The van der Waals surface area contributed by atoms with Gasteiger partial charge in [-0.05, 0) is 24.4 Å². The quantitative estimate of drug-likeness (QED) is 0.629. The number of aldehydes is 1. The van der Waals surface area contributed by atoms with E-state index in [1.54, 1.807) is 0 Å². The molecular weight excluding hydrogens is 310 g/mol. The van der Waals surface area contributed by atoms with E-state index in [2.05, 4.69) is 5.18 Å². The molecule has 0 bridgehead atoms. The number of carbonyl (C=O) groups is 1. The van der Waals surface area contributed by atoms with Gasteiger partial charge in [0.2, 0.25) is 11.2 Å². The van der Waals surface area contributed by atoms with E-state index >= 15 is 0 Å². The summed E-state index contributed by atoms with van der Waals surface area (Å²) in [5.41, 5.74) is -2.74. The van der Waals surface area contributed by atoms with Crippen molar-refractivity contribution in [1.29, 1.82) is 0 Å². The van der Waals surface area contributed by atoms with Gasteiger partial charge in [0.15, 0.2) is 23.5 Å². The summed E-state index contributed by atoms with van der Waals surface area (Å²) >= 11 is 0. The molecule has 1 aromatic heterocycles. The Kier molecular flexibility index (Phi) is 2.70. The minimum Gasteiger partial charge on any atom is -0.480 e. The molecule has 1 aliphatic carbocycles. The van der Waals surface area contributed by atoms with Crippen molar-refractivity contribution >= 4 is 22.9 Å². The van der Waals surface area contributed by atoms with Gasteiger partial charge >= 0.3 is 0 Å². The van der Waals surface area contributed by atoms with Gasteiger partial charge in [-0.1, -0.05) is 0 Å². The summed E-state index contributed by atoms with van der Waals surface area (Å²) in [6.45, 7) is 0.293. The molecular formula is C15H10F2N2O4. The summed E-state index contributed by atoms with van der Waals surface area (Å²) in [6.07, 6.45) is 3.81. The molecule has 8 heteroatoms. The summed E-state index contributed by atoms with van der Waals surface area (Å²) < 4.78 is 35.6. The number of ether oxygens (including phenoxy) is 1. The molecule has 1 aliphatic heterocycles. The lowest BCUT2D eigenvalue weighted by Gasteiger charge is -2.45. The maximum Gasteiger partial charge on any atom is 0.205 e. The van der Waals surface area contributed by atoms with E-state index in [0.717, 1.165) is 6.42 Å². The standard InChI is InChI=1S/C15H10F2N2O4/c16-9-10(17)14-12-8(11(9)18-22)13(21)7(5-20)4-19(12)6-15(23-14)2-1-3-15/h4-5H,1-3,6H2. The zero-order valence-corrected chi connectivity index (χ0v) is 11.8. The number of hydrogen-bond donors (Lipinski definition) is 0. The van der Waals surface area contributed by atoms with Gasteiger partial charge in [-0.25, -0.2) is 4.39 Å². The SMILES string of the molecule is O=Cc1cn2c3c(c(F)c(F)c(N=O)c3c1=O)OC1(CCC1)C2. The van der Waals surface area contributed by atoms with Crippen molar-refractivity contribution < 1.29 is 18.3 Å². The minimum atomic E-state index is -1.54. The molecule has 23 heavy (non-hydrogen) atoms. The summed E-state index contributed by atoms with van der Waals surface area (Å²) in [7, 11) is 0. The molecule has 0 N–H and O–H groups in total. The number of rotatable bonds is 2. The monoisotopic (exact) mass is 320 g/mol. The van der Waals surface area contributed by atoms with E-state index in [1.807, 2.05) is 0 Å². The van der Waals surface area contributed by atoms with Gasteiger partial charge in [0.25, 0.3) is 0 Å². The second kappa shape index (κ2) is 4.43. The van der Waals surface area contributed by atoms with Crippen molar-refractivity contribution in [2.75, 3.05) is 0 Å². The highest BCUT2D eigenvalue weighted by Gasteiger charge is 2.45. The first-order chi connectivity index (χ1) is 11.0. The molecule has 2 aliphatic rings. The zero-order valence-electron chi connectivity index (χ0n) is 11.8. The van der Waals surface area contributed by atoms with Crippen LogP contribution in [0.25, 0.3) is 10.9 Å². The smallest absolute Gasteiger partial charge is 0.205 e. The lowest BCUT2D eigenvalue weighted by atomic mass is 9.79. The third-order valence-electron chi connectivity index (χ3n) is 4.62. The maximum absolute atomic E-state index is 14.3. The molecule has 1 spiro atoms. The molecule has 1 fully saturated rings. The average Bonchev–Trinajstić information content (AvgIpc) is 2.52. The van der Waals surface area contributed by atoms with Gasteiger partial charge in [-0.3, -0.25) is 9.59 Å². The Morgan fingerprint density at radius 1 is 1.30 bits per heavy atom. The number of halogens is 2. The van der Waals surface area contributed by atoms with Crippen molar-refractivity contribution in [2.45, 2.75) is 31.4 Å². The summed E-state index contributed by atoms with van der Waals surface area (Å²) in [5.74, 6) is -3.28. The van der Waals surface area contributed by atoms with Crippen LogP contribution < -0.4 is 10.2 Å². The number of nitrogens with zero attached hydrogens (tertiary/aromatic N) is 2. The van der Waals surface area contributed by atoms with Crippen LogP contribution in [0.2, 0.25) is 0 Å². The lowest BCUT2D eigenvalue weighted by molar-refractivity contribution is -0.0315. The van der Waals surface area contributed by atoms with Crippen molar-refractivity contribution in [3.8, 4) is 5.75 Å². The number of aromatic nitrogens is 1. The predicted molar refractivity (Wildman–Crippen MR) is 76.2 cm³/mol. The molecule has 0 atom stereocenters. The Hall–Kier alpha value is -2.64. The third-order valence-corrected chi connectivity index (χ3v) is 4.62. The fourth-order valence-electron chi connectivity index (χ4n) is 3.35. The fraction of sp³-hybridized carbons (Fsp3) is 0.333. The van der Waals surface area contributed by atoms with Crippen molar-refractivity contribution in [3.05, 3.63) is 38.5 Å². The lowest BCUT2D eigenvalue weighted by Crippen LogP contribution is -2.49. The number of benzene rings is 1. The molecule has 4 rings (SSSR count). The number of carbonyl (C=O) groups excluding carboxylic acids is 1. The highest BCUT2D eigenvalue weighted by Crippen LogP contribution is 2.47. The summed E-state index contributed by atoms with van der Waals surface area (Å²) in [4.78, 5) is 34.4. The maximum atomic E-state index is 14.3. The van der Waals surface area contributed by atoms with Gasteiger partial charge in [-0.15, -0.1) is 4.91 Å². The molecule has 0 amide bonds. The third kappa shape index (κ3) is 1.66.